The van der Waals surface area contributed by atoms with Gasteiger partial charge < -0.3 is 8.83 Å². The van der Waals surface area contributed by atoms with Crippen LogP contribution in [-0.2, 0) is 6.42 Å². The predicted octanol–water partition coefficient (Wildman–Crippen LogP) is 11.9. The number of nitrogens with zero attached hydrogens (tertiary/aromatic N) is 3. The summed E-state index contributed by atoms with van der Waals surface area (Å²) in [7, 11) is 0. The number of para-hydroxylation sites is 1. The van der Waals surface area contributed by atoms with Crippen molar-refractivity contribution in [3.63, 3.8) is 0 Å². The number of rotatable bonds is 5. The Morgan fingerprint density at radius 2 is 1.24 bits per heavy atom. The Kier molecular flexibility index (Phi) is 6.69. The molecule has 0 unspecified atom stereocenters. The van der Waals surface area contributed by atoms with Crippen molar-refractivity contribution in [3.8, 4) is 45.0 Å². The lowest BCUT2D eigenvalue weighted by Gasteiger charge is -2.12. The molecule has 8 aromatic rings. The second kappa shape index (κ2) is 11.7. The van der Waals surface area contributed by atoms with Gasteiger partial charge >= 0.3 is 0 Å². The number of furan rings is 2. The fourth-order valence-corrected chi connectivity index (χ4v) is 7.29. The molecule has 0 radical (unpaired) electrons. The maximum Gasteiger partial charge on any atom is 0.164 e. The minimum Gasteiger partial charge on any atom is -0.460 e. The minimum absolute atomic E-state index is 0.635. The molecule has 0 N–H and O–H groups in total. The van der Waals surface area contributed by atoms with Crippen molar-refractivity contribution in [2.24, 2.45) is 0 Å². The summed E-state index contributed by atoms with van der Waals surface area (Å²) in [5.74, 6) is 3.05. The van der Waals surface area contributed by atoms with Crippen molar-refractivity contribution in [1.29, 1.82) is 0 Å². The lowest BCUT2D eigenvalue weighted by molar-refractivity contribution is 0.546. The molecule has 0 fully saturated rings. The second-order valence-corrected chi connectivity index (χ2v) is 13.0. The molecule has 5 aromatic carbocycles. The third-order valence-corrected chi connectivity index (χ3v) is 9.79. The summed E-state index contributed by atoms with van der Waals surface area (Å²) in [4.78, 5) is 15.0. The Bertz CT molecular complexity index is 2710. The van der Waals surface area contributed by atoms with Gasteiger partial charge in [-0.15, -0.1) is 0 Å². The predicted molar refractivity (Wildman–Crippen MR) is 202 cm³/mol. The van der Waals surface area contributed by atoms with E-state index in [2.05, 4.69) is 97.1 Å². The van der Waals surface area contributed by atoms with E-state index in [0.717, 1.165) is 103 Å². The molecule has 3 heterocycles. The number of fused-ring (bicyclic) bond motifs is 6. The molecule has 0 atom stereocenters. The van der Waals surface area contributed by atoms with Crippen LogP contribution in [0.25, 0.3) is 89.6 Å². The first-order valence-corrected chi connectivity index (χ1v) is 17.2. The van der Waals surface area contributed by atoms with E-state index in [-0.39, 0.29) is 0 Å². The molecule has 0 amide bonds. The number of hydrogen-bond donors (Lipinski definition) is 0. The van der Waals surface area contributed by atoms with Crippen LogP contribution in [0.5, 0.6) is 0 Å². The molecule has 5 nitrogen and oxygen atoms in total. The summed E-state index contributed by atoms with van der Waals surface area (Å²) >= 11 is 0. The van der Waals surface area contributed by atoms with E-state index in [9.17, 15) is 0 Å². The SMILES string of the molecule is C1=CC(c2nc(-c3ccccc3)nc(-c3cccc(-c4cc(-c5ccc6oc7c(c6c5)C=CCC7)cc5c4oc4ccccc45)c3)n2)=CCC1. The molecule has 2 aliphatic rings. The number of aryl methyl sites for hydroxylation is 1. The van der Waals surface area contributed by atoms with Gasteiger partial charge in [0.2, 0.25) is 0 Å². The standard InChI is InChI=1S/C45H31N3O2/c1-3-12-28(13-4-1)43-46-44(29-14-5-2-6-15-29)48-45(47-43)32-17-11-16-31(24-32)36-26-33(27-38-35-19-8-10-21-40(35)50-42(36)38)30-22-23-41-37(25-30)34-18-7-9-20-39(34)49-41/h1,3-5,7-8,10-19,21-27H,2,6,9,20H2. The highest BCUT2D eigenvalue weighted by molar-refractivity contribution is 6.11. The maximum atomic E-state index is 6.60. The molecule has 0 aliphatic heterocycles. The van der Waals surface area contributed by atoms with Crippen LogP contribution in [0.2, 0.25) is 0 Å². The summed E-state index contributed by atoms with van der Waals surface area (Å²) in [6.45, 7) is 0. The molecule has 238 valence electrons. The highest BCUT2D eigenvalue weighted by Gasteiger charge is 2.19. The minimum atomic E-state index is 0.635. The molecule has 0 bridgehead atoms. The van der Waals surface area contributed by atoms with Gasteiger partial charge in [0.05, 0.1) is 0 Å². The molecule has 3 aromatic heterocycles. The normalized spacial score (nSPS) is 14.0. The second-order valence-electron chi connectivity index (χ2n) is 13.0. The smallest absolute Gasteiger partial charge is 0.164 e. The Morgan fingerprint density at radius 1 is 0.480 bits per heavy atom. The molecule has 2 aliphatic carbocycles. The van der Waals surface area contributed by atoms with E-state index in [1.807, 2.05) is 42.5 Å². The van der Waals surface area contributed by atoms with Crippen molar-refractivity contribution in [3.05, 3.63) is 151 Å². The molecule has 10 rings (SSSR count). The highest BCUT2D eigenvalue weighted by atomic mass is 16.3. The zero-order valence-corrected chi connectivity index (χ0v) is 27.3. The summed E-state index contributed by atoms with van der Waals surface area (Å²) in [5, 5.41) is 3.32. The fourth-order valence-electron chi connectivity index (χ4n) is 7.29. The third kappa shape index (κ3) is 4.89. The van der Waals surface area contributed by atoms with Gasteiger partial charge in [-0.1, -0.05) is 103 Å². The van der Waals surface area contributed by atoms with Gasteiger partial charge in [0.25, 0.3) is 0 Å². The van der Waals surface area contributed by atoms with Crippen molar-refractivity contribution < 1.29 is 8.83 Å². The Balaban J connectivity index is 1.16. The maximum absolute atomic E-state index is 6.60. The van der Waals surface area contributed by atoms with Crippen LogP contribution in [0, 0.1) is 0 Å². The van der Waals surface area contributed by atoms with Crippen LogP contribution in [-0.4, -0.2) is 15.0 Å². The van der Waals surface area contributed by atoms with Crippen LogP contribution in [0.3, 0.4) is 0 Å². The number of aromatic nitrogens is 3. The first-order chi connectivity index (χ1) is 24.7. The van der Waals surface area contributed by atoms with Crippen LogP contribution < -0.4 is 0 Å². The van der Waals surface area contributed by atoms with Crippen LogP contribution >= 0.6 is 0 Å². The monoisotopic (exact) mass is 645 g/mol. The van der Waals surface area contributed by atoms with Crippen molar-refractivity contribution >= 4 is 44.6 Å². The van der Waals surface area contributed by atoms with Gasteiger partial charge in [0.1, 0.15) is 22.5 Å². The summed E-state index contributed by atoms with van der Waals surface area (Å²) < 4.78 is 12.8. The molecule has 50 heavy (non-hydrogen) atoms. The van der Waals surface area contributed by atoms with E-state index in [1.54, 1.807) is 0 Å². The van der Waals surface area contributed by atoms with Crippen LogP contribution in [0.4, 0.5) is 0 Å². The van der Waals surface area contributed by atoms with Crippen molar-refractivity contribution in [1.82, 2.24) is 15.0 Å². The Labute approximate surface area is 289 Å². The molecular weight excluding hydrogens is 615 g/mol. The first kappa shape index (κ1) is 28.7. The lowest BCUT2D eigenvalue weighted by atomic mass is 9.93. The van der Waals surface area contributed by atoms with E-state index < -0.39 is 0 Å². The highest BCUT2D eigenvalue weighted by Crippen LogP contribution is 2.42. The quantitative estimate of drug-likeness (QED) is 0.186. The number of allylic oxidation sites excluding steroid dienone is 5. The van der Waals surface area contributed by atoms with Crippen LogP contribution in [0.15, 0.2) is 142 Å². The summed E-state index contributed by atoms with van der Waals surface area (Å²) in [6, 6.07) is 37.9. The zero-order chi connectivity index (χ0) is 33.0. The largest absolute Gasteiger partial charge is 0.460 e. The van der Waals surface area contributed by atoms with E-state index >= 15 is 0 Å². The van der Waals surface area contributed by atoms with Gasteiger partial charge in [-0.05, 0) is 72.4 Å². The van der Waals surface area contributed by atoms with Gasteiger partial charge in [-0.3, -0.25) is 0 Å². The zero-order valence-electron chi connectivity index (χ0n) is 27.3. The van der Waals surface area contributed by atoms with Gasteiger partial charge in [0, 0.05) is 50.4 Å². The molecule has 0 saturated carbocycles. The molecule has 5 heteroatoms. The average Bonchev–Trinajstić information content (AvgIpc) is 3.76. The van der Waals surface area contributed by atoms with Crippen molar-refractivity contribution in [2.75, 3.05) is 0 Å². The van der Waals surface area contributed by atoms with Gasteiger partial charge in [-0.2, -0.15) is 0 Å². The molecule has 0 spiro atoms. The number of benzene rings is 5. The van der Waals surface area contributed by atoms with Crippen LogP contribution in [0.1, 0.15) is 36.4 Å². The molecular formula is C45H31N3O2. The number of hydrogen-bond acceptors (Lipinski definition) is 5. The van der Waals surface area contributed by atoms with Crippen molar-refractivity contribution in [2.45, 2.75) is 25.7 Å². The van der Waals surface area contributed by atoms with E-state index in [4.69, 9.17) is 23.8 Å². The van der Waals surface area contributed by atoms with E-state index in [0.29, 0.717) is 17.5 Å². The van der Waals surface area contributed by atoms with Gasteiger partial charge in [0.15, 0.2) is 17.5 Å². The Hall–Kier alpha value is -6.33. The lowest BCUT2D eigenvalue weighted by Crippen LogP contribution is -2.03. The summed E-state index contributed by atoms with van der Waals surface area (Å²) in [6.07, 6.45) is 14.9. The van der Waals surface area contributed by atoms with Gasteiger partial charge in [-0.25, -0.2) is 15.0 Å². The molecule has 0 saturated heterocycles. The fraction of sp³-hybridized carbons (Fsp3) is 0.0889. The third-order valence-electron chi connectivity index (χ3n) is 9.79. The summed E-state index contributed by atoms with van der Waals surface area (Å²) in [5.41, 5.74) is 11.0. The topological polar surface area (TPSA) is 65.0 Å². The van der Waals surface area contributed by atoms with E-state index in [1.165, 1.54) is 5.56 Å². The first-order valence-electron chi connectivity index (χ1n) is 17.2. The Morgan fingerprint density at radius 3 is 2.14 bits per heavy atom. The average molecular weight is 646 g/mol.